The summed E-state index contributed by atoms with van der Waals surface area (Å²) in [6.45, 7) is 21.3. The summed E-state index contributed by atoms with van der Waals surface area (Å²) in [6, 6.07) is 9.31. The molecule has 2 fully saturated rings. The molecule has 0 aliphatic carbocycles. The number of hydrogen-bond acceptors (Lipinski definition) is 6. The summed E-state index contributed by atoms with van der Waals surface area (Å²) in [4.78, 5) is 30.8. The molecule has 50 heavy (non-hydrogen) atoms. The normalized spacial score (nSPS) is 21.5. The van der Waals surface area contributed by atoms with Crippen molar-refractivity contribution in [2.24, 2.45) is 0 Å². The molecule has 0 saturated carbocycles. The van der Waals surface area contributed by atoms with Crippen molar-refractivity contribution in [3.8, 4) is 11.5 Å². The highest BCUT2D eigenvalue weighted by molar-refractivity contribution is 5.95. The van der Waals surface area contributed by atoms with E-state index in [9.17, 15) is 9.59 Å². The number of nitrogens with one attached hydrogen (secondary N) is 1. The average molecular weight is 689 g/mol. The molecule has 0 radical (unpaired) electrons. The van der Waals surface area contributed by atoms with E-state index in [1.165, 1.54) is 48.2 Å². The van der Waals surface area contributed by atoms with Crippen molar-refractivity contribution in [2.75, 3.05) is 55.7 Å². The van der Waals surface area contributed by atoms with Crippen LogP contribution in [-0.2, 0) is 22.4 Å². The van der Waals surface area contributed by atoms with Gasteiger partial charge < -0.3 is 29.5 Å². The quantitative estimate of drug-likeness (QED) is 0.288. The van der Waals surface area contributed by atoms with Crippen LogP contribution in [0, 0.1) is 0 Å². The third kappa shape index (κ3) is 8.50. The highest BCUT2D eigenvalue weighted by atomic mass is 16.5. The maximum absolute atomic E-state index is 12.2. The lowest BCUT2D eigenvalue weighted by molar-refractivity contribution is -0.117. The van der Waals surface area contributed by atoms with Crippen LogP contribution in [0.25, 0.3) is 0 Å². The van der Waals surface area contributed by atoms with E-state index in [-0.39, 0.29) is 23.9 Å². The predicted molar refractivity (Wildman–Crippen MR) is 205 cm³/mol. The molecule has 2 aromatic carbocycles. The standard InChI is InChI=1S/C22H34N2O2.C20H30N2O2/c1-5-15-26-22-19(18-11-13-23(6-2)14-12-18)9-10-21-20(22)8-7-16(3)24(21)17(4)25;1-4-13-24-20-17(16-9-11-21-12-10-16)7-8-19-18(20)6-5-14(2)22(19)15(3)23/h9-10,16,18H,5-8,11-15H2,1-4H3;7-8,14,16,21H,4-6,9-13H2,1-3H3/t16-;14-/m00/s1. The Morgan fingerprint density at radius 3 is 1.52 bits per heavy atom. The van der Waals surface area contributed by atoms with Crippen LogP contribution in [0.2, 0.25) is 0 Å². The van der Waals surface area contributed by atoms with Crippen molar-refractivity contribution in [3.63, 3.8) is 0 Å². The number of amides is 2. The number of hydrogen-bond donors (Lipinski definition) is 1. The molecule has 6 rings (SSSR count). The van der Waals surface area contributed by atoms with Crippen molar-refractivity contribution >= 4 is 23.2 Å². The van der Waals surface area contributed by atoms with E-state index in [4.69, 9.17) is 9.47 Å². The zero-order valence-corrected chi connectivity index (χ0v) is 32.1. The fourth-order valence-electron chi connectivity index (χ4n) is 8.69. The van der Waals surface area contributed by atoms with E-state index in [1.54, 1.807) is 13.8 Å². The average Bonchev–Trinajstić information content (AvgIpc) is 3.12. The third-order valence-electron chi connectivity index (χ3n) is 11.4. The van der Waals surface area contributed by atoms with Crippen LogP contribution < -0.4 is 24.6 Å². The molecule has 0 spiro atoms. The van der Waals surface area contributed by atoms with Gasteiger partial charge in [0.2, 0.25) is 11.8 Å². The van der Waals surface area contributed by atoms with Gasteiger partial charge in [-0.1, -0.05) is 32.9 Å². The maximum Gasteiger partial charge on any atom is 0.224 e. The number of benzene rings is 2. The van der Waals surface area contributed by atoms with Crippen LogP contribution in [0.4, 0.5) is 11.4 Å². The van der Waals surface area contributed by atoms with Gasteiger partial charge in [-0.25, -0.2) is 0 Å². The smallest absolute Gasteiger partial charge is 0.224 e. The Bertz CT molecular complexity index is 1450. The van der Waals surface area contributed by atoms with Crippen molar-refractivity contribution in [2.45, 2.75) is 137 Å². The molecule has 2 saturated heterocycles. The lowest BCUT2D eigenvalue weighted by Gasteiger charge is -2.37. The number of fused-ring (bicyclic) bond motifs is 2. The second-order valence-electron chi connectivity index (χ2n) is 14.9. The first kappa shape index (κ1) is 38.1. The number of anilines is 2. The summed E-state index contributed by atoms with van der Waals surface area (Å²) in [5.74, 6) is 3.54. The maximum atomic E-state index is 12.2. The SMILES string of the molecule is CCCOc1c(C2CCN(CC)CC2)ccc2c1CC[C@H](C)N2C(C)=O.CCCOc1c(C2CCNCC2)ccc2c1CC[C@H](C)N2C(C)=O. The van der Waals surface area contributed by atoms with E-state index < -0.39 is 0 Å². The summed E-state index contributed by atoms with van der Waals surface area (Å²) < 4.78 is 12.5. The number of rotatable bonds is 9. The molecule has 0 aromatic heterocycles. The summed E-state index contributed by atoms with van der Waals surface area (Å²) in [5, 5.41) is 3.44. The summed E-state index contributed by atoms with van der Waals surface area (Å²) in [6.07, 6.45) is 10.7. The number of nitrogens with zero attached hydrogens (tertiary/aromatic N) is 3. The first-order valence-corrected chi connectivity index (χ1v) is 19.8. The highest BCUT2D eigenvalue weighted by Gasteiger charge is 2.33. The summed E-state index contributed by atoms with van der Waals surface area (Å²) >= 11 is 0. The van der Waals surface area contributed by atoms with Crippen molar-refractivity contribution in [3.05, 3.63) is 46.5 Å². The van der Waals surface area contributed by atoms with Gasteiger partial charge in [-0.2, -0.15) is 0 Å². The minimum absolute atomic E-state index is 0.125. The van der Waals surface area contributed by atoms with Gasteiger partial charge in [0, 0.05) is 37.1 Å². The third-order valence-corrected chi connectivity index (χ3v) is 11.4. The van der Waals surface area contributed by atoms with Crippen LogP contribution in [0.1, 0.15) is 134 Å². The molecule has 0 unspecified atom stereocenters. The van der Waals surface area contributed by atoms with E-state index in [0.717, 1.165) is 107 Å². The van der Waals surface area contributed by atoms with Crippen LogP contribution in [0.3, 0.4) is 0 Å². The minimum atomic E-state index is 0.125. The molecular weight excluding hydrogens is 624 g/mol. The molecule has 8 nitrogen and oxygen atoms in total. The fourth-order valence-corrected chi connectivity index (χ4v) is 8.69. The van der Waals surface area contributed by atoms with Gasteiger partial charge in [0.1, 0.15) is 11.5 Å². The van der Waals surface area contributed by atoms with Gasteiger partial charge in [0.25, 0.3) is 0 Å². The second kappa shape index (κ2) is 17.9. The zero-order valence-electron chi connectivity index (χ0n) is 32.1. The Hall–Kier alpha value is -3.10. The minimum Gasteiger partial charge on any atom is -0.493 e. The Morgan fingerprint density at radius 2 is 1.12 bits per heavy atom. The van der Waals surface area contributed by atoms with Gasteiger partial charge in [0.05, 0.1) is 24.6 Å². The molecular formula is C42H64N4O4. The fraction of sp³-hybridized carbons (Fsp3) is 0.667. The number of carbonyl (C=O) groups is 2. The molecule has 4 heterocycles. The van der Waals surface area contributed by atoms with Crippen molar-refractivity contribution in [1.82, 2.24) is 10.2 Å². The Balaban J connectivity index is 0.000000195. The summed E-state index contributed by atoms with van der Waals surface area (Å²) in [5.41, 5.74) is 7.34. The molecule has 4 aliphatic heterocycles. The van der Waals surface area contributed by atoms with Crippen LogP contribution in [-0.4, -0.2) is 74.7 Å². The molecule has 2 aromatic rings. The molecule has 8 heteroatoms. The topological polar surface area (TPSA) is 74.4 Å². The molecule has 0 bridgehead atoms. The van der Waals surface area contributed by atoms with E-state index in [1.807, 2.05) is 9.80 Å². The Morgan fingerprint density at radius 1 is 0.680 bits per heavy atom. The number of carbonyl (C=O) groups excluding carboxylic acids is 2. The van der Waals surface area contributed by atoms with Gasteiger partial charge >= 0.3 is 0 Å². The van der Waals surface area contributed by atoms with Crippen LogP contribution >= 0.6 is 0 Å². The van der Waals surface area contributed by atoms with Crippen molar-refractivity contribution < 1.29 is 19.1 Å². The van der Waals surface area contributed by atoms with Gasteiger partial charge in [-0.15, -0.1) is 0 Å². The van der Waals surface area contributed by atoms with E-state index in [2.05, 4.69) is 69.1 Å². The van der Waals surface area contributed by atoms with Gasteiger partial charge in [-0.3, -0.25) is 9.59 Å². The van der Waals surface area contributed by atoms with Crippen LogP contribution in [0.5, 0.6) is 11.5 Å². The Kier molecular flexibility index (Phi) is 13.7. The lowest BCUT2D eigenvalue weighted by Crippen LogP contribution is -2.41. The first-order valence-electron chi connectivity index (χ1n) is 19.8. The highest BCUT2D eigenvalue weighted by Crippen LogP contribution is 2.45. The lowest BCUT2D eigenvalue weighted by atomic mass is 9.85. The van der Waals surface area contributed by atoms with Gasteiger partial charge in [-0.05, 0) is 146 Å². The molecule has 1 N–H and O–H groups in total. The Labute approximate surface area is 302 Å². The second-order valence-corrected chi connectivity index (χ2v) is 14.9. The molecule has 2 atom stereocenters. The number of piperidine rings is 2. The van der Waals surface area contributed by atoms with Gasteiger partial charge in [0.15, 0.2) is 0 Å². The number of likely N-dealkylation sites (tertiary alicyclic amines) is 1. The van der Waals surface area contributed by atoms with E-state index in [0.29, 0.717) is 11.8 Å². The first-order chi connectivity index (χ1) is 24.2. The molecule has 2 amide bonds. The van der Waals surface area contributed by atoms with Crippen LogP contribution in [0.15, 0.2) is 24.3 Å². The summed E-state index contributed by atoms with van der Waals surface area (Å²) in [7, 11) is 0. The zero-order chi connectivity index (χ0) is 35.8. The predicted octanol–water partition coefficient (Wildman–Crippen LogP) is 7.99. The van der Waals surface area contributed by atoms with Crippen molar-refractivity contribution in [1.29, 1.82) is 0 Å². The van der Waals surface area contributed by atoms with E-state index >= 15 is 0 Å². The number of ether oxygens (including phenoxy) is 2. The monoisotopic (exact) mass is 688 g/mol. The largest absolute Gasteiger partial charge is 0.493 e. The molecule has 276 valence electrons. The molecule has 4 aliphatic rings.